The largest absolute Gasteiger partial charge is 0.508 e. The predicted molar refractivity (Wildman–Crippen MR) is 52.8 cm³/mol. The molecule has 1 aromatic rings. The molecule has 1 rings (SSSR count). The van der Waals surface area contributed by atoms with Crippen LogP contribution in [0.2, 0.25) is 0 Å². The second-order valence-corrected chi connectivity index (χ2v) is 3.24. The molecule has 0 fully saturated rings. The maximum atomic E-state index is 9.44. The smallest absolute Gasteiger partial charge is 0.164 e. The normalized spacial score (nSPS) is 10.9. The van der Waals surface area contributed by atoms with Gasteiger partial charge in [0.15, 0.2) is 6.29 Å². The first kappa shape index (κ1) is 11.0. The number of hydrogen-bond acceptors (Lipinski definition) is 4. The fourth-order valence-electron chi connectivity index (χ4n) is 1.19. The van der Waals surface area contributed by atoms with Crippen molar-refractivity contribution in [3.8, 4) is 5.75 Å². The second-order valence-electron chi connectivity index (χ2n) is 3.24. The summed E-state index contributed by atoms with van der Waals surface area (Å²) in [6.07, 6.45) is -1.36. The monoisotopic (exact) mass is 197 g/mol. The van der Waals surface area contributed by atoms with Crippen molar-refractivity contribution in [2.45, 2.75) is 19.8 Å². The van der Waals surface area contributed by atoms with E-state index in [4.69, 9.17) is 10.2 Å². The summed E-state index contributed by atoms with van der Waals surface area (Å²) in [4.78, 5) is 0. The molecule has 78 valence electrons. The lowest BCUT2D eigenvalue weighted by molar-refractivity contribution is -0.0374. The summed E-state index contributed by atoms with van der Waals surface area (Å²) < 4.78 is 0. The van der Waals surface area contributed by atoms with E-state index in [0.717, 1.165) is 11.1 Å². The average molecular weight is 197 g/mol. The Morgan fingerprint density at radius 3 is 2.71 bits per heavy atom. The Morgan fingerprint density at radius 2 is 2.07 bits per heavy atom. The van der Waals surface area contributed by atoms with Crippen LogP contribution in [0.3, 0.4) is 0 Å². The summed E-state index contributed by atoms with van der Waals surface area (Å²) in [5, 5.41) is 29.4. The molecule has 0 heterocycles. The number of phenolic OH excluding ortho intramolecular Hbond substituents is 1. The van der Waals surface area contributed by atoms with Gasteiger partial charge in [-0.2, -0.15) is 0 Å². The lowest BCUT2D eigenvalue weighted by Crippen LogP contribution is -2.25. The highest BCUT2D eigenvalue weighted by molar-refractivity contribution is 5.35. The highest BCUT2D eigenvalue weighted by atomic mass is 16.5. The van der Waals surface area contributed by atoms with E-state index in [1.807, 2.05) is 19.1 Å². The van der Waals surface area contributed by atoms with E-state index in [2.05, 4.69) is 5.32 Å². The van der Waals surface area contributed by atoms with Gasteiger partial charge in [-0.15, -0.1) is 0 Å². The van der Waals surface area contributed by atoms with Crippen LogP contribution in [0.15, 0.2) is 18.2 Å². The SMILES string of the molecule is Cc1ccc(O)c(CNCC(O)O)c1. The van der Waals surface area contributed by atoms with Gasteiger partial charge in [-0.3, -0.25) is 0 Å². The summed E-state index contributed by atoms with van der Waals surface area (Å²) >= 11 is 0. The lowest BCUT2D eigenvalue weighted by Gasteiger charge is -2.08. The topological polar surface area (TPSA) is 72.7 Å². The number of phenols is 1. The standard InChI is InChI=1S/C10H15NO3/c1-7-2-3-9(12)8(4-7)5-11-6-10(13)14/h2-4,10-14H,5-6H2,1H3. The molecular formula is C10H15NO3. The van der Waals surface area contributed by atoms with E-state index in [9.17, 15) is 5.11 Å². The molecule has 0 amide bonds. The molecule has 14 heavy (non-hydrogen) atoms. The van der Waals surface area contributed by atoms with Gasteiger partial charge in [-0.1, -0.05) is 17.7 Å². The van der Waals surface area contributed by atoms with Crippen molar-refractivity contribution in [2.24, 2.45) is 0 Å². The van der Waals surface area contributed by atoms with E-state index in [1.54, 1.807) is 6.07 Å². The summed E-state index contributed by atoms with van der Waals surface area (Å²) in [7, 11) is 0. The van der Waals surface area contributed by atoms with Crippen LogP contribution >= 0.6 is 0 Å². The fraction of sp³-hybridized carbons (Fsp3) is 0.400. The molecule has 0 aliphatic heterocycles. The van der Waals surface area contributed by atoms with E-state index in [-0.39, 0.29) is 12.3 Å². The van der Waals surface area contributed by atoms with Gasteiger partial charge < -0.3 is 20.6 Å². The number of rotatable bonds is 4. The van der Waals surface area contributed by atoms with Crippen molar-refractivity contribution in [3.63, 3.8) is 0 Å². The molecule has 0 aliphatic carbocycles. The van der Waals surface area contributed by atoms with Crippen molar-refractivity contribution in [1.29, 1.82) is 0 Å². The zero-order valence-electron chi connectivity index (χ0n) is 8.07. The minimum absolute atomic E-state index is 0.0907. The van der Waals surface area contributed by atoms with Gasteiger partial charge in [0.2, 0.25) is 0 Å². The Bertz CT molecular complexity index is 299. The quantitative estimate of drug-likeness (QED) is 0.517. The Hall–Kier alpha value is -1.10. The molecule has 4 N–H and O–H groups in total. The molecule has 0 radical (unpaired) electrons. The molecule has 4 nitrogen and oxygen atoms in total. The first-order chi connectivity index (χ1) is 6.59. The third kappa shape index (κ3) is 3.33. The highest BCUT2D eigenvalue weighted by Crippen LogP contribution is 2.17. The number of aryl methyl sites for hydroxylation is 1. The molecule has 0 atom stereocenters. The Balaban J connectivity index is 2.53. The second kappa shape index (κ2) is 4.95. The average Bonchev–Trinajstić information content (AvgIpc) is 2.10. The van der Waals surface area contributed by atoms with Crippen molar-refractivity contribution in [1.82, 2.24) is 5.32 Å². The maximum Gasteiger partial charge on any atom is 0.164 e. The molecule has 1 aromatic carbocycles. The van der Waals surface area contributed by atoms with Crippen LogP contribution in [0, 0.1) is 6.92 Å². The number of hydrogen-bond donors (Lipinski definition) is 4. The first-order valence-electron chi connectivity index (χ1n) is 4.45. The molecule has 0 saturated carbocycles. The zero-order chi connectivity index (χ0) is 10.6. The Morgan fingerprint density at radius 1 is 1.36 bits per heavy atom. The number of nitrogens with one attached hydrogen (secondary N) is 1. The summed E-state index contributed by atoms with van der Waals surface area (Å²) in [5.41, 5.74) is 1.81. The molecule has 0 saturated heterocycles. The van der Waals surface area contributed by atoms with Crippen LogP contribution in [0.1, 0.15) is 11.1 Å². The van der Waals surface area contributed by atoms with Gasteiger partial charge in [-0.25, -0.2) is 0 Å². The maximum absolute atomic E-state index is 9.44. The number of benzene rings is 1. The van der Waals surface area contributed by atoms with E-state index >= 15 is 0 Å². The van der Waals surface area contributed by atoms with Crippen molar-refractivity contribution < 1.29 is 15.3 Å². The minimum atomic E-state index is -1.36. The first-order valence-corrected chi connectivity index (χ1v) is 4.45. The van der Waals surface area contributed by atoms with Crippen LogP contribution < -0.4 is 5.32 Å². The Kier molecular flexibility index (Phi) is 3.88. The third-order valence-corrected chi connectivity index (χ3v) is 1.88. The van der Waals surface area contributed by atoms with Gasteiger partial charge in [0, 0.05) is 18.7 Å². The lowest BCUT2D eigenvalue weighted by atomic mass is 10.1. The van der Waals surface area contributed by atoms with Gasteiger partial charge in [0.25, 0.3) is 0 Å². The summed E-state index contributed by atoms with van der Waals surface area (Å²) in [6.45, 7) is 2.45. The van der Waals surface area contributed by atoms with E-state index in [0.29, 0.717) is 6.54 Å². The number of aromatic hydroxyl groups is 1. The van der Waals surface area contributed by atoms with Gasteiger partial charge in [0.1, 0.15) is 5.75 Å². The molecule has 0 spiro atoms. The third-order valence-electron chi connectivity index (χ3n) is 1.88. The van der Waals surface area contributed by atoms with Crippen molar-refractivity contribution >= 4 is 0 Å². The minimum Gasteiger partial charge on any atom is -0.508 e. The van der Waals surface area contributed by atoms with Gasteiger partial charge in [0.05, 0.1) is 0 Å². The van der Waals surface area contributed by atoms with Crippen LogP contribution in [0.25, 0.3) is 0 Å². The van der Waals surface area contributed by atoms with Crippen molar-refractivity contribution in [2.75, 3.05) is 6.54 Å². The van der Waals surface area contributed by atoms with Gasteiger partial charge >= 0.3 is 0 Å². The Labute approximate surface area is 82.8 Å². The molecule has 0 unspecified atom stereocenters. The van der Waals surface area contributed by atoms with Crippen LogP contribution in [-0.2, 0) is 6.54 Å². The molecule has 0 aliphatic rings. The molecule has 0 aromatic heterocycles. The zero-order valence-corrected chi connectivity index (χ0v) is 8.07. The molecule has 4 heteroatoms. The molecular weight excluding hydrogens is 182 g/mol. The fourth-order valence-corrected chi connectivity index (χ4v) is 1.19. The number of aliphatic hydroxyl groups excluding tert-OH is 1. The van der Waals surface area contributed by atoms with Gasteiger partial charge in [-0.05, 0) is 13.0 Å². The van der Waals surface area contributed by atoms with E-state index in [1.165, 1.54) is 0 Å². The summed E-state index contributed by atoms with van der Waals surface area (Å²) in [6, 6.07) is 5.30. The van der Waals surface area contributed by atoms with Crippen LogP contribution in [0.4, 0.5) is 0 Å². The molecule has 0 bridgehead atoms. The highest BCUT2D eigenvalue weighted by Gasteiger charge is 2.02. The summed E-state index contributed by atoms with van der Waals surface area (Å²) in [5.74, 6) is 0.218. The van der Waals surface area contributed by atoms with Crippen LogP contribution in [-0.4, -0.2) is 28.2 Å². The van der Waals surface area contributed by atoms with Crippen molar-refractivity contribution in [3.05, 3.63) is 29.3 Å². The predicted octanol–water partition coefficient (Wildman–Crippen LogP) is 0.101. The van der Waals surface area contributed by atoms with Crippen LogP contribution in [0.5, 0.6) is 5.75 Å². The number of aliphatic hydroxyl groups is 2. The van der Waals surface area contributed by atoms with E-state index < -0.39 is 6.29 Å².